The minimum atomic E-state index is -3.55. The van der Waals surface area contributed by atoms with Gasteiger partial charge in [0.1, 0.15) is 6.04 Å². The number of para-hydroxylation sites is 2. The van der Waals surface area contributed by atoms with Crippen LogP contribution in [0, 0.1) is 0 Å². The van der Waals surface area contributed by atoms with Gasteiger partial charge in [0.2, 0.25) is 16.0 Å². The van der Waals surface area contributed by atoms with Crippen molar-refractivity contribution in [3.05, 3.63) is 78.4 Å². The van der Waals surface area contributed by atoms with E-state index in [1.54, 1.807) is 0 Å². The predicted octanol–water partition coefficient (Wildman–Crippen LogP) is 3.61. The number of benzene rings is 3. The number of H-pyrrole nitrogens is 1. The van der Waals surface area contributed by atoms with Gasteiger partial charge >= 0.3 is 5.97 Å². The zero-order valence-corrected chi connectivity index (χ0v) is 19.0. The van der Waals surface area contributed by atoms with Crippen LogP contribution in [0.2, 0.25) is 0 Å². The van der Waals surface area contributed by atoms with Gasteiger partial charge in [-0.3, -0.25) is 4.79 Å². The van der Waals surface area contributed by atoms with Crippen LogP contribution in [0.15, 0.2) is 72.8 Å². The van der Waals surface area contributed by atoms with Crippen LogP contribution >= 0.6 is 0 Å². The zero-order chi connectivity index (χ0) is 23.4. The second-order valence-electron chi connectivity index (χ2n) is 7.68. The Hall–Kier alpha value is -3.69. The highest BCUT2D eigenvalue weighted by Crippen LogP contribution is 2.25. The van der Waals surface area contributed by atoms with Crippen molar-refractivity contribution in [1.82, 2.24) is 14.7 Å². The molecule has 9 heteroatoms. The van der Waals surface area contributed by atoms with E-state index in [1.165, 1.54) is 7.11 Å². The molecule has 0 saturated carbocycles. The molecular formula is C24H24N4O4S. The lowest BCUT2D eigenvalue weighted by molar-refractivity contribution is -0.142. The molecule has 0 amide bonds. The van der Waals surface area contributed by atoms with Crippen LogP contribution in [0.25, 0.3) is 22.2 Å². The lowest BCUT2D eigenvalue weighted by Crippen LogP contribution is -2.42. The molecule has 0 spiro atoms. The highest BCUT2D eigenvalue weighted by atomic mass is 32.2. The quantitative estimate of drug-likeness (QED) is 0.343. The summed E-state index contributed by atoms with van der Waals surface area (Å²) in [6.45, 7) is 0. The van der Waals surface area contributed by atoms with Crippen molar-refractivity contribution < 1.29 is 17.9 Å². The summed E-state index contributed by atoms with van der Waals surface area (Å²) < 4.78 is 30.2. The van der Waals surface area contributed by atoms with E-state index >= 15 is 0 Å². The van der Waals surface area contributed by atoms with Crippen LogP contribution < -0.4 is 10.0 Å². The van der Waals surface area contributed by atoms with Crippen LogP contribution in [-0.4, -0.2) is 43.8 Å². The van der Waals surface area contributed by atoms with Crippen LogP contribution in [0.3, 0.4) is 0 Å². The Balaban J connectivity index is 1.50. The molecule has 3 N–H and O–H groups in total. The van der Waals surface area contributed by atoms with E-state index in [2.05, 4.69) is 20.0 Å². The number of ether oxygens (including phenoxy) is 1. The molecule has 4 aromatic rings. The van der Waals surface area contributed by atoms with Gasteiger partial charge in [-0.1, -0.05) is 48.5 Å². The summed E-state index contributed by atoms with van der Waals surface area (Å²) in [5.74, 6) is 0.0322. The van der Waals surface area contributed by atoms with Crippen LogP contribution in [0.1, 0.15) is 5.56 Å². The molecule has 0 aliphatic rings. The van der Waals surface area contributed by atoms with Gasteiger partial charge in [-0.2, -0.15) is 0 Å². The normalized spacial score (nSPS) is 12.4. The first-order valence-electron chi connectivity index (χ1n) is 10.3. The monoisotopic (exact) mass is 464 g/mol. The molecule has 0 aliphatic heterocycles. The number of anilines is 2. The average molecular weight is 465 g/mol. The van der Waals surface area contributed by atoms with E-state index in [-0.39, 0.29) is 6.42 Å². The number of aromatic amines is 1. The molecule has 0 unspecified atom stereocenters. The number of rotatable bonds is 8. The molecule has 3 aromatic carbocycles. The summed E-state index contributed by atoms with van der Waals surface area (Å²) in [5, 5.41) is 3.30. The molecule has 170 valence electrons. The Bertz CT molecular complexity index is 1350. The van der Waals surface area contributed by atoms with Gasteiger partial charge in [0.05, 0.1) is 24.4 Å². The summed E-state index contributed by atoms with van der Waals surface area (Å²) in [5.41, 5.74) is 5.53. The number of esters is 1. The third-order valence-corrected chi connectivity index (χ3v) is 5.80. The second-order valence-corrected chi connectivity index (χ2v) is 9.46. The summed E-state index contributed by atoms with van der Waals surface area (Å²) in [6.07, 6.45) is 1.20. The molecule has 1 heterocycles. The van der Waals surface area contributed by atoms with Crippen LogP contribution in [-0.2, 0) is 26.0 Å². The van der Waals surface area contributed by atoms with Gasteiger partial charge in [-0.25, -0.2) is 18.1 Å². The fourth-order valence-corrected chi connectivity index (χ4v) is 4.26. The number of methoxy groups -OCH3 is 1. The number of carbonyl (C=O) groups excluding carboxylic acids is 1. The highest BCUT2D eigenvalue weighted by molar-refractivity contribution is 7.88. The topological polar surface area (TPSA) is 113 Å². The van der Waals surface area contributed by atoms with Crippen LogP contribution in [0.4, 0.5) is 11.6 Å². The number of imidazole rings is 1. The first-order valence-corrected chi connectivity index (χ1v) is 12.2. The first-order chi connectivity index (χ1) is 15.8. The minimum Gasteiger partial charge on any atom is -0.468 e. The van der Waals surface area contributed by atoms with Crippen molar-refractivity contribution in [2.45, 2.75) is 12.5 Å². The third kappa shape index (κ3) is 5.76. The van der Waals surface area contributed by atoms with Gasteiger partial charge in [0, 0.05) is 5.69 Å². The summed E-state index contributed by atoms with van der Waals surface area (Å²) >= 11 is 0. The van der Waals surface area contributed by atoms with Crippen molar-refractivity contribution in [2.24, 2.45) is 0 Å². The smallest absolute Gasteiger partial charge is 0.324 e. The molecule has 0 fully saturated rings. The number of sulfonamides is 1. The molecule has 1 atom stereocenters. The largest absolute Gasteiger partial charge is 0.468 e. The van der Waals surface area contributed by atoms with Gasteiger partial charge in [0.15, 0.2) is 0 Å². The number of hydrogen-bond acceptors (Lipinski definition) is 6. The number of nitrogens with zero attached hydrogens (tertiary/aromatic N) is 1. The zero-order valence-electron chi connectivity index (χ0n) is 18.2. The van der Waals surface area contributed by atoms with E-state index in [4.69, 9.17) is 4.74 Å². The molecule has 4 rings (SSSR count). The number of fused-ring (bicyclic) bond motifs is 1. The van der Waals surface area contributed by atoms with Crippen molar-refractivity contribution >= 4 is 38.7 Å². The molecule has 8 nitrogen and oxygen atoms in total. The predicted molar refractivity (Wildman–Crippen MR) is 129 cm³/mol. The molecule has 0 radical (unpaired) electrons. The average Bonchev–Trinajstić information content (AvgIpc) is 3.20. The molecule has 0 aliphatic carbocycles. The lowest BCUT2D eigenvalue weighted by atomic mass is 10.0. The van der Waals surface area contributed by atoms with Crippen LogP contribution in [0.5, 0.6) is 0 Å². The Morgan fingerprint density at radius 2 is 1.79 bits per heavy atom. The SMILES string of the molecule is COC(=O)[C@H](Cc1ccc(-c2cccc(Nc3nc4ccccc4[nH]3)c2)cc1)NS(C)(=O)=O. The Morgan fingerprint density at radius 3 is 2.48 bits per heavy atom. The van der Waals surface area contributed by atoms with E-state index in [0.29, 0.717) is 5.95 Å². The van der Waals surface area contributed by atoms with Crippen molar-refractivity contribution in [3.63, 3.8) is 0 Å². The standard InChI is InChI=1S/C24H24N4O4S/c1-32-23(29)22(28-33(2,30)31)14-16-10-12-17(13-11-16)18-6-5-7-19(15-18)25-24-26-20-8-3-4-9-21(20)27-24/h3-13,15,22,28H,14H2,1-2H3,(H2,25,26,27)/t22-/m0/s1. The number of hydrogen-bond donors (Lipinski definition) is 3. The maximum Gasteiger partial charge on any atom is 0.324 e. The summed E-state index contributed by atoms with van der Waals surface area (Å²) in [6, 6.07) is 22.4. The highest BCUT2D eigenvalue weighted by Gasteiger charge is 2.23. The van der Waals surface area contributed by atoms with Crippen molar-refractivity contribution in [2.75, 3.05) is 18.7 Å². The molecule has 0 saturated heterocycles. The Kier molecular flexibility index (Phi) is 6.43. The fourth-order valence-electron chi connectivity index (χ4n) is 3.57. The Labute approximate surface area is 192 Å². The van der Waals surface area contributed by atoms with E-state index in [1.807, 2.05) is 72.8 Å². The number of aromatic nitrogens is 2. The summed E-state index contributed by atoms with van der Waals surface area (Å²) in [7, 11) is -2.32. The maximum atomic E-state index is 12.0. The summed E-state index contributed by atoms with van der Waals surface area (Å²) in [4.78, 5) is 19.8. The molecule has 1 aromatic heterocycles. The van der Waals surface area contributed by atoms with E-state index in [9.17, 15) is 13.2 Å². The van der Waals surface area contributed by atoms with Crippen molar-refractivity contribution in [3.8, 4) is 11.1 Å². The minimum absolute atomic E-state index is 0.188. The second kappa shape index (κ2) is 9.43. The van der Waals surface area contributed by atoms with Gasteiger partial charge in [0.25, 0.3) is 0 Å². The fraction of sp³-hybridized carbons (Fsp3) is 0.167. The van der Waals surface area contributed by atoms with Gasteiger partial charge in [-0.15, -0.1) is 0 Å². The van der Waals surface area contributed by atoms with E-state index < -0.39 is 22.0 Å². The lowest BCUT2D eigenvalue weighted by Gasteiger charge is -2.15. The third-order valence-electron chi connectivity index (χ3n) is 5.08. The molecule has 33 heavy (non-hydrogen) atoms. The van der Waals surface area contributed by atoms with E-state index in [0.717, 1.165) is 39.7 Å². The van der Waals surface area contributed by atoms with Gasteiger partial charge < -0.3 is 15.0 Å². The maximum absolute atomic E-state index is 12.0. The number of nitrogens with one attached hydrogen (secondary N) is 3. The number of carbonyl (C=O) groups is 1. The molecule has 0 bridgehead atoms. The Morgan fingerprint density at radius 1 is 1.03 bits per heavy atom. The van der Waals surface area contributed by atoms with Gasteiger partial charge in [-0.05, 0) is 47.4 Å². The first kappa shape index (κ1) is 22.5. The molecular weight excluding hydrogens is 440 g/mol. The van der Waals surface area contributed by atoms with Crippen molar-refractivity contribution in [1.29, 1.82) is 0 Å².